The van der Waals surface area contributed by atoms with Crippen LogP contribution in [-0.2, 0) is 19.3 Å². The van der Waals surface area contributed by atoms with Gasteiger partial charge in [0.15, 0.2) is 5.82 Å². The lowest BCUT2D eigenvalue weighted by atomic mass is 9.95. The van der Waals surface area contributed by atoms with Crippen molar-refractivity contribution in [2.24, 2.45) is 0 Å². The van der Waals surface area contributed by atoms with Gasteiger partial charge in [-0.25, -0.2) is 0 Å². The molecule has 3 aromatic heterocycles. The van der Waals surface area contributed by atoms with Gasteiger partial charge in [0.05, 0.1) is 11.3 Å². The maximum Gasteiger partial charge on any atom is 0.254 e. The number of aryl methyl sites for hydroxylation is 2. The number of H-pyrrole nitrogens is 1. The van der Waals surface area contributed by atoms with E-state index >= 15 is 0 Å². The third kappa shape index (κ3) is 3.41. The average molecular weight is 395 g/mol. The minimum Gasteiger partial charge on any atom is -0.381 e. The molecule has 1 aliphatic rings. The van der Waals surface area contributed by atoms with Gasteiger partial charge in [-0.05, 0) is 56.2 Å². The molecule has 4 rings (SSSR count). The first-order valence-electron chi connectivity index (χ1n) is 9.48. The number of thiophene rings is 1. The van der Waals surface area contributed by atoms with Crippen molar-refractivity contribution >= 4 is 23.1 Å². The molecule has 0 bridgehead atoms. The van der Waals surface area contributed by atoms with Crippen LogP contribution in [0, 0.1) is 11.3 Å². The fourth-order valence-corrected chi connectivity index (χ4v) is 5.04. The number of amides is 1. The van der Waals surface area contributed by atoms with E-state index in [0.717, 1.165) is 35.5 Å². The fraction of sp³-hybridized carbons (Fsp3) is 0.350. The molecule has 3 heterocycles. The van der Waals surface area contributed by atoms with E-state index in [1.165, 1.54) is 16.9 Å². The highest BCUT2D eigenvalue weighted by Gasteiger charge is 2.25. The number of nitrogens with two attached hydrogens (primary N) is 1. The molecular weight excluding hydrogens is 372 g/mol. The summed E-state index contributed by atoms with van der Waals surface area (Å²) in [6, 6.07) is 6.02. The van der Waals surface area contributed by atoms with Crippen LogP contribution in [0.4, 0.5) is 5.82 Å². The van der Waals surface area contributed by atoms with E-state index in [1.807, 2.05) is 29.1 Å². The van der Waals surface area contributed by atoms with Crippen LogP contribution in [-0.4, -0.2) is 27.2 Å². The van der Waals surface area contributed by atoms with Gasteiger partial charge in [0.2, 0.25) is 0 Å². The normalized spacial score (nSPS) is 13.1. The van der Waals surface area contributed by atoms with Crippen LogP contribution in [0.2, 0.25) is 0 Å². The number of carbonyl (C=O) groups is 1. The molecule has 0 atom stereocenters. The number of nitrogen functional groups attached to an aromatic ring is 1. The van der Waals surface area contributed by atoms with Gasteiger partial charge in [-0.3, -0.25) is 9.89 Å². The Hall–Kier alpha value is -3.05. The van der Waals surface area contributed by atoms with Crippen molar-refractivity contribution in [1.82, 2.24) is 20.1 Å². The summed E-state index contributed by atoms with van der Waals surface area (Å²) in [6.07, 6.45) is 9.63. The highest BCUT2D eigenvalue weighted by Crippen LogP contribution is 2.36. The summed E-state index contributed by atoms with van der Waals surface area (Å²) in [5, 5.41) is 19.9. The largest absolute Gasteiger partial charge is 0.381 e. The number of hydrogen-bond acceptors (Lipinski definition) is 5. The zero-order chi connectivity index (χ0) is 19.5. The smallest absolute Gasteiger partial charge is 0.254 e. The maximum absolute atomic E-state index is 13.0. The number of aromatic nitrogens is 3. The van der Waals surface area contributed by atoms with Crippen molar-refractivity contribution in [3.63, 3.8) is 0 Å². The Kier molecular flexibility index (Phi) is 5.17. The number of anilines is 1. The van der Waals surface area contributed by atoms with E-state index in [4.69, 9.17) is 11.0 Å². The fourth-order valence-electron chi connectivity index (χ4n) is 3.69. The lowest BCUT2D eigenvalue weighted by Gasteiger charge is -2.13. The van der Waals surface area contributed by atoms with Gasteiger partial charge in [0.1, 0.15) is 16.6 Å². The molecule has 0 radical (unpaired) electrons. The summed E-state index contributed by atoms with van der Waals surface area (Å²) < 4.78 is 2.03. The zero-order valence-corrected chi connectivity index (χ0v) is 16.3. The van der Waals surface area contributed by atoms with Crippen LogP contribution in [0.15, 0.2) is 24.5 Å². The Morgan fingerprint density at radius 3 is 2.93 bits per heavy atom. The van der Waals surface area contributed by atoms with Gasteiger partial charge >= 0.3 is 0 Å². The van der Waals surface area contributed by atoms with Crippen LogP contribution in [0.25, 0.3) is 5.00 Å². The Bertz CT molecular complexity index is 1020. The zero-order valence-electron chi connectivity index (χ0n) is 15.5. The molecule has 144 valence electrons. The van der Waals surface area contributed by atoms with Crippen LogP contribution in [0.5, 0.6) is 0 Å². The van der Waals surface area contributed by atoms with E-state index in [1.54, 1.807) is 11.3 Å². The van der Waals surface area contributed by atoms with Crippen LogP contribution in [0.3, 0.4) is 0 Å². The van der Waals surface area contributed by atoms with Crippen molar-refractivity contribution in [3.05, 3.63) is 51.8 Å². The molecule has 8 heteroatoms. The molecular formula is C20H22N6OS. The Morgan fingerprint density at radius 2 is 2.14 bits per heavy atom. The number of nitriles is 1. The average Bonchev–Trinajstić information content (AvgIpc) is 3.43. The number of nitrogens with one attached hydrogen (secondary N) is 2. The highest BCUT2D eigenvalue weighted by molar-refractivity contribution is 7.15. The topological polar surface area (TPSA) is 113 Å². The van der Waals surface area contributed by atoms with E-state index in [0.29, 0.717) is 24.9 Å². The molecule has 0 saturated heterocycles. The summed E-state index contributed by atoms with van der Waals surface area (Å²) in [6.45, 7) is 0.526. The highest BCUT2D eigenvalue weighted by atomic mass is 32.1. The number of hydrogen-bond donors (Lipinski definition) is 3. The van der Waals surface area contributed by atoms with Crippen molar-refractivity contribution < 1.29 is 4.79 Å². The molecule has 4 N–H and O–H groups in total. The standard InChI is InChI=1S/C20H22N6OS/c21-12-14-15(24-25-18(14)22)7-5-9-23-19(27)17-13-6-1-2-8-16(13)28-20(17)26-10-3-4-11-26/h3-4,10-11H,1-2,5-9H2,(H,23,27)(H3,22,24,25). The van der Waals surface area contributed by atoms with Gasteiger partial charge in [-0.1, -0.05) is 0 Å². The van der Waals surface area contributed by atoms with Crippen molar-refractivity contribution in [2.75, 3.05) is 12.3 Å². The molecule has 0 spiro atoms. The van der Waals surface area contributed by atoms with Gasteiger partial charge < -0.3 is 15.6 Å². The molecule has 0 aliphatic heterocycles. The quantitative estimate of drug-likeness (QED) is 0.558. The third-order valence-electron chi connectivity index (χ3n) is 5.09. The summed E-state index contributed by atoms with van der Waals surface area (Å²) in [7, 11) is 0. The van der Waals surface area contributed by atoms with Crippen molar-refractivity contribution in [2.45, 2.75) is 38.5 Å². The number of aromatic amines is 1. The molecule has 3 aromatic rings. The summed E-state index contributed by atoms with van der Waals surface area (Å²) in [4.78, 5) is 14.4. The molecule has 0 saturated carbocycles. The molecule has 0 fully saturated rings. The number of fused-ring (bicyclic) bond motifs is 1. The summed E-state index contributed by atoms with van der Waals surface area (Å²) in [5.41, 5.74) is 8.81. The maximum atomic E-state index is 13.0. The van der Waals surface area contributed by atoms with Crippen LogP contribution in [0.1, 0.15) is 51.3 Å². The molecule has 28 heavy (non-hydrogen) atoms. The van der Waals surface area contributed by atoms with Gasteiger partial charge in [0.25, 0.3) is 5.91 Å². The number of nitrogens with zero attached hydrogens (tertiary/aromatic N) is 3. The minimum absolute atomic E-state index is 0.0206. The first-order valence-corrected chi connectivity index (χ1v) is 10.3. The Labute approximate surface area is 167 Å². The first-order chi connectivity index (χ1) is 13.7. The van der Waals surface area contributed by atoms with Gasteiger partial charge in [0, 0.05) is 23.8 Å². The second-order valence-corrected chi connectivity index (χ2v) is 8.00. The first kappa shape index (κ1) is 18.3. The molecule has 1 aliphatic carbocycles. The molecule has 0 aromatic carbocycles. The predicted molar refractivity (Wildman–Crippen MR) is 109 cm³/mol. The van der Waals surface area contributed by atoms with E-state index in [9.17, 15) is 4.79 Å². The third-order valence-corrected chi connectivity index (χ3v) is 6.39. The SMILES string of the molecule is N#Cc1c(N)n[nH]c1CCCNC(=O)c1c(-n2cccc2)sc2c1CCCC2. The summed E-state index contributed by atoms with van der Waals surface area (Å²) >= 11 is 1.73. The molecule has 7 nitrogen and oxygen atoms in total. The predicted octanol–water partition coefficient (Wildman–Crippen LogP) is 2.96. The Morgan fingerprint density at radius 1 is 1.36 bits per heavy atom. The monoisotopic (exact) mass is 394 g/mol. The van der Waals surface area contributed by atoms with Gasteiger partial charge in [-0.15, -0.1) is 11.3 Å². The minimum atomic E-state index is -0.0206. The lowest BCUT2D eigenvalue weighted by Crippen LogP contribution is -2.26. The second kappa shape index (κ2) is 7.90. The molecule has 1 amide bonds. The van der Waals surface area contributed by atoms with Crippen molar-refractivity contribution in [3.8, 4) is 11.1 Å². The van der Waals surface area contributed by atoms with Crippen LogP contribution >= 0.6 is 11.3 Å². The number of rotatable bonds is 6. The second-order valence-electron chi connectivity index (χ2n) is 6.92. The summed E-state index contributed by atoms with van der Waals surface area (Å²) in [5.74, 6) is 0.204. The van der Waals surface area contributed by atoms with E-state index in [2.05, 4.69) is 21.6 Å². The molecule has 0 unspecified atom stereocenters. The van der Waals surface area contributed by atoms with Crippen LogP contribution < -0.4 is 11.1 Å². The lowest BCUT2D eigenvalue weighted by molar-refractivity contribution is 0.0952. The van der Waals surface area contributed by atoms with Crippen molar-refractivity contribution in [1.29, 1.82) is 5.26 Å². The Balaban J connectivity index is 1.46. The van der Waals surface area contributed by atoms with Gasteiger partial charge in [-0.2, -0.15) is 10.4 Å². The van der Waals surface area contributed by atoms with E-state index < -0.39 is 0 Å². The number of carbonyl (C=O) groups excluding carboxylic acids is 1. The van der Waals surface area contributed by atoms with E-state index in [-0.39, 0.29) is 11.7 Å².